The second kappa shape index (κ2) is 6.70. The number of hydrogen-bond donors (Lipinski definition) is 6. The van der Waals surface area contributed by atoms with E-state index < -0.39 is 36.9 Å². The van der Waals surface area contributed by atoms with Crippen LogP contribution in [0.25, 0.3) is 0 Å². The van der Waals surface area contributed by atoms with Gasteiger partial charge < -0.3 is 30.8 Å². The zero-order valence-corrected chi connectivity index (χ0v) is 8.37. The van der Waals surface area contributed by atoms with E-state index in [1.807, 2.05) is 0 Å². The Balaban J connectivity index is 4.47. The number of aliphatic hydroxyl groups is 4. The van der Waals surface area contributed by atoms with Gasteiger partial charge in [0.15, 0.2) is 0 Å². The summed E-state index contributed by atoms with van der Waals surface area (Å²) in [6.45, 7) is 1.17. The lowest BCUT2D eigenvalue weighted by Gasteiger charge is -2.26. The third-order valence-corrected chi connectivity index (χ3v) is 1.96. The predicted molar refractivity (Wildman–Crippen MR) is 50.2 cm³/mol. The maximum Gasteiger partial charge on any atom is 0.323 e. The minimum Gasteiger partial charge on any atom is -0.480 e. The average Bonchev–Trinajstić information content (AvgIpc) is 2.22. The van der Waals surface area contributed by atoms with E-state index >= 15 is 0 Å². The lowest BCUT2D eigenvalue weighted by atomic mass is 10.0. The molecule has 0 rings (SSSR count). The van der Waals surface area contributed by atoms with E-state index in [9.17, 15) is 15.0 Å². The summed E-state index contributed by atoms with van der Waals surface area (Å²) in [5, 5.41) is 47.4. The fraction of sp³-hybridized carbons (Fsp3) is 0.875. The monoisotopic (exact) mass is 223 g/mol. The van der Waals surface area contributed by atoms with Crippen LogP contribution < -0.4 is 5.32 Å². The molecule has 0 heterocycles. The number of carboxylic acids is 1. The van der Waals surface area contributed by atoms with Crippen molar-refractivity contribution in [2.75, 3.05) is 13.2 Å². The number of likely N-dealkylation sites (N-methyl/N-ethyl adjacent to an activating group) is 1. The molecule has 0 aromatic rings. The maximum atomic E-state index is 10.7. The summed E-state index contributed by atoms with van der Waals surface area (Å²) in [5.41, 5.74) is 0. The van der Waals surface area contributed by atoms with Crippen molar-refractivity contribution in [3.63, 3.8) is 0 Å². The molecule has 0 radical (unpaired) electrons. The average molecular weight is 223 g/mol. The molecule has 7 nitrogen and oxygen atoms in total. The molecule has 15 heavy (non-hydrogen) atoms. The van der Waals surface area contributed by atoms with Gasteiger partial charge in [-0.1, -0.05) is 6.92 Å². The molecule has 90 valence electrons. The van der Waals surface area contributed by atoms with Crippen molar-refractivity contribution in [2.24, 2.45) is 0 Å². The van der Waals surface area contributed by atoms with Crippen molar-refractivity contribution in [2.45, 2.75) is 31.3 Å². The molecule has 0 saturated heterocycles. The van der Waals surface area contributed by atoms with Crippen LogP contribution in [0.4, 0.5) is 0 Å². The third-order valence-electron chi connectivity index (χ3n) is 1.96. The number of hydrogen-bond acceptors (Lipinski definition) is 6. The van der Waals surface area contributed by atoms with Gasteiger partial charge in [-0.3, -0.25) is 4.79 Å². The molecule has 6 N–H and O–H groups in total. The van der Waals surface area contributed by atoms with Crippen LogP contribution in [-0.2, 0) is 4.79 Å². The van der Waals surface area contributed by atoms with Gasteiger partial charge in [0, 0.05) is 0 Å². The summed E-state index contributed by atoms with van der Waals surface area (Å²) < 4.78 is 0. The predicted octanol–water partition coefficient (Wildman–Crippen LogP) is -2.88. The quantitative estimate of drug-likeness (QED) is 0.273. The molecular formula is C8H17NO6. The largest absolute Gasteiger partial charge is 0.480 e. The smallest absolute Gasteiger partial charge is 0.323 e. The minimum absolute atomic E-state index is 0.288. The topological polar surface area (TPSA) is 130 Å². The van der Waals surface area contributed by atoms with Crippen LogP contribution in [0.2, 0.25) is 0 Å². The van der Waals surface area contributed by atoms with Gasteiger partial charge in [-0.05, 0) is 6.54 Å². The lowest BCUT2D eigenvalue weighted by Crippen LogP contribution is -2.54. The van der Waals surface area contributed by atoms with Crippen molar-refractivity contribution < 1.29 is 30.3 Å². The minimum atomic E-state index is -1.71. The zero-order valence-electron chi connectivity index (χ0n) is 8.37. The van der Waals surface area contributed by atoms with E-state index in [2.05, 4.69) is 5.32 Å². The Morgan fingerprint density at radius 1 is 1.27 bits per heavy atom. The molecule has 0 bridgehead atoms. The van der Waals surface area contributed by atoms with Crippen LogP contribution in [-0.4, -0.2) is 69.0 Å². The van der Waals surface area contributed by atoms with Crippen molar-refractivity contribution in [1.82, 2.24) is 5.32 Å². The first kappa shape index (κ1) is 14.3. The van der Waals surface area contributed by atoms with E-state index in [0.29, 0.717) is 0 Å². The standard InChI is InChI=1S/C8H17NO6/c1-2-9-5(8(14)15)7(13)6(12)4(11)3-10/h4-7,9-13H,2-3H2,1H3,(H,14,15)/t4-,5-,6-,7-/m1/s1. The fourth-order valence-electron chi connectivity index (χ4n) is 1.11. The Morgan fingerprint density at radius 3 is 2.13 bits per heavy atom. The molecule has 0 spiro atoms. The van der Waals surface area contributed by atoms with Gasteiger partial charge in [-0.15, -0.1) is 0 Å². The Hall–Kier alpha value is -0.730. The van der Waals surface area contributed by atoms with E-state index in [4.69, 9.17) is 15.3 Å². The van der Waals surface area contributed by atoms with Crippen LogP contribution in [0.3, 0.4) is 0 Å². The van der Waals surface area contributed by atoms with Crippen LogP contribution in [0, 0.1) is 0 Å². The SMILES string of the molecule is CCN[C@@H](C(=O)O)[C@@H](O)[C@H](O)[C@H](O)CO. The number of nitrogens with one attached hydrogen (secondary N) is 1. The highest BCUT2D eigenvalue weighted by Crippen LogP contribution is 2.05. The highest BCUT2D eigenvalue weighted by molar-refractivity contribution is 5.74. The second-order valence-electron chi connectivity index (χ2n) is 3.10. The van der Waals surface area contributed by atoms with Crippen LogP contribution in [0.15, 0.2) is 0 Å². The molecule has 7 heteroatoms. The van der Waals surface area contributed by atoms with E-state index in [1.165, 1.54) is 0 Å². The molecular weight excluding hydrogens is 206 g/mol. The normalized spacial score (nSPS) is 19.3. The van der Waals surface area contributed by atoms with Crippen LogP contribution >= 0.6 is 0 Å². The van der Waals surface area contributed by atoms with E-state index in [-0.39, 0.29) is 6.54 Å². The summed E-state index contributed by atoms with van der Waals surface area (Å²) in [6.07, 6.45) is -4.97. The van der Waals surface area contributed by atoms with Gasteiger partial charge in [0.05, 0.1) is 6.61 Å². The van der Waals surface area contributed by atoms with Gasteiger partial charge >= 0.3 is 5.97 Å². The summed E-state index contributed by atoms with van der Waals surface area (Å²) in [6, 6.07) is -1.38. The second-order valence-corrected chi connectivity index (χ2v) is 3.10. The van der Waals surface area contributed by atoms with Crippen molar-refractivity contribution in [3.8, 4) is 0 Å². The van der Waals surface area contributed by atoms with Crippen molar-refractivity contribution in [3.05, 3.63) is 0 Å². The molecule has 0 unspecified atom stereocenters. The molecule has 0 aliphatic rings. The fourth-order valence-corrected chi connectivity index (χ4v) is 1.11. The van der Waals surface area contributed by atoms with Gasteiger partial charge in [-0.25, -0.2) is 0 Å². The first-order valence-electron chi connectivity index (χ1n) is 4.56. The third kappa shape index (κ3) is 4.10. The summed E-state index contributed by atoms with van der Waals surface area (Å²) >= 11 is 0. The number of aliphatic hydroxyl groups excluding tert-OH is 4. The molecule has 0 aromatic carbocycles. The van der Waals surface area contributed by atoms with Gasteiger partial charge in [0.25, 0.3) is 0 Å². The van der Waals surface area contributed by atoms with Crippen molar-refractivity contribution in [1.29, 1.82) is 0 Å². The summed E-state index contributed by atoms with van der Waals surface area (Å²) in [4.78, 5) is 10.7. The van der Waals surface area contributed by atoms with E-state index in [0.717, 1.165) is 0 Å². The van der Waals surface area contributed by atoms with Gasteiger partial charge in [-0.2, -0.15) is 0 Å². The lowest BCUT2D eigenvalue weighted by molar-refractivity contribution is -0.148. The van der Waals surface area contributed by atoms with Gasteiger partial charge in [0.1, 0.15) is 24.4 Å². The van der Waals surface area contributed by atoms with Crippen LogP contribution in [0.1, 0.15) is 6.92 Å². The first-order chi connectivity index (χ1) is 6.95. The number of carboxylic acid groups (broad SMARTS) is 1. The Kier molecular flexibility index (Phi) is 6.37. The van der Waals surface area contributed by atoms with Gasteiger partial charge in [0.2, 0.25) is 0 Å². The molecule has 0 aliphatic heterocycles. The molecule has 0 saturated carbocycles. The Morgan fingerprint density at radius 2 is 1.80 bits per heavy atom. The summed E-state index contributed by atoms with van der Waals surface area (Å²) in [5.74, 6) is -1.34. The first-order valence-corrected chi connectivity index (χ1v) is 4.56. The van der Waals surface area contributed by atoms with Crippen LogP contribution in [0.5, 0.6) is 0 Å². The van der Waals surface area contributed by atoms with Crippen molar-refractivity contribution >= 4 is 5.97 Å². The number of rotatable bonds is 7. The molecule has 0 aliphatic carbocycles. The molecule has 4 atom stereocenters. The Labute approximate surface area is 87.0 Å². The highest BCUT2D eigenvalue weighted by atomic mass is 16.4. The molecule has 0 amide bonds. The number of carbonyl (C=O) groups is 1. The molecule has 0 aromatic heterocycles. The zero-order chi connectivity index (χ0) is 12.0. The summed E-state index contributed by atoms with van der Waals surface area (Å²) in [7, 11) is 0. The van der Waals surface area contributed by atoms with E-state index in [1.54, 1.807) is 6.92 Å². The number of aliphatic carboxylic acids is 1. The molecule has 0 fully saturated rings. The maximum absolute atomic E-state index is 10.7. The Bertz CT molecular complexity index is 200. The highest BCUT2D eigenvalue weighted by Gasteiger charge is 2.34.